The van der Waals surface area contributed by atoms with Crippen LogP contribution in [0.25, 0.3) is 5.69 Å². The van der Waals surface area contributed by atoms with Crippen molar-refractivity contribution in [2.45, 2.75) is 20.8 Å². The zero-order chi connectivity index (χ0) is 11.7. The van der Waals surface area contributed by atoms with Crippen LogP contribution in [-0.2, 0) is 0 Å². The Kier molecular flexibility index (Phi) is 2.41. The van der Waals surface area contributed by atoms with Crippen molar-refractivity contribution >= 4 is 0 Å². The third kappa shape index (κ3) is 1.65. The molecule has 0 spiro atoms. The van der Waals surface area contributed by atoms with Gasteiger partial charge >= 0.3 is 0 Å². The van der Waals surface area contributed by atoms with Gasteiger partial charge in [-0.05, 0) is 54.8 Å². The molecule has 0 N–H and O–H groups in total. The number of benzene rings is 1. The molecule has 1 heterocycles. The minimum atomic E-state index is 0.0795. The van der Waals surface area contributed by atoms with E-state index in [1.54, 1.807) is 0 Å². The minimum Gasteiger partial charge on any atom is -0.189 e. The summed E-state index contributed by atoms with van der Waals surface area (Å²) in [5, 5.41) is 20.0. The average molecular weight is 213 g/mol. The van der Waals surface area contributed by atoms with Crippen LogP contribution in [0.3, 0.4) is 0 Å². The number of nitrogens with zero attached hydrogens (tertiary/aromatic N) is 5. The number of hydrogen-bond acceptors (Lipinski definition) is 4. The van der Waals surface area contributed by atoms with Gasteiger partial charge in [0.05, 0.1) is 5.69 Å². The van der Waals surface area contributed by atoms with Gasteiger partial charge in [0.1, 0.15) is 6.07 Å². The second-order valence-electron chi connectivity index (χ2n) is 3.72. The molecule has 5 heteroatoms. The zero-order valence-electron chi connectivity index (χ0n) is 9.39. The Bertz CT molecular complexity index is 553. The first-order valence-corrected chi connectivity index (χ1v) is 4.90. The van der Waals surface area contributed by atoms with E-state index in [4.69, 9.17) is 5.26 Å². The van der Waals surface area contributed by atoms with Gasteiger partial charge in [0.15, 0.2) is 0 Å². The van der Waals surface area contributed by atoms with Gasteiger partial charge in [0.2, 0.25) is 0 Å². The molecule has 0 fully saturated rings. The molecule has 0 unspecified atom stereocenters. The molecule has 0 aliphatic rings. The summed E-state index contributed by atoms with van der Waals surface area (Å²) in [5.74, 6) is 0.0795. The lowest BCUT2D eigenvalue weighted by Gasteiger charge is -2.07. The maximum atomic E-state index is 8.62. The summed E-state index contributed by atoms with van der Waals surface area (Å²) < 4.78 is 0. The van der Waals surface area contributed by atoms with E-state index >= 15 is 0 Å². The van der Waals surface area contributed by atoms with Gasteiger partial charge in [-0.25, -0.2) is 0 Å². The normalized spacial score (nSPS) is 10.1. The van der Waals surface area contributed by atoms with Crippen molar-refractivity contribution in [1.29, 1.82) is 5.26 Å². The van der Waals surface area contributed by atoms with Gasteiger partial charge in [-0.3, -0.25) is 0 Å². The molecule has 0 radical (unpaired) electrons. The summed E-state index contributed by atoms with van der Waals surface area (Å²) in [6, 6.07) is 5.81. The summed E-state index contributed by atoms with van der Waals surface area (Å²) in [7, 11) is 0. The highest BCUT2D eigenvalue weighted by atomic mass is 15.6. The number of nitriles is 1. The van der Waals surface area contributed by atoms with Crippen LogP contribution in [-0.4, -0.2) is 20.2 Å². The van der Waals surface area contributed by atoms with E-state index in [1.807, 2.05) is 32.0 Å². The Labute approximate surface area is 93.3 Å². The van der Waals surface area contributed by atoms with Crippen molar-refractivity contribution in [3.63, 3.8) is 0 Å². The van der Waals surface area contributed by atoms with Gasteiger partial charge < -0.3 is 0 Å². The monoisotopic (exact) mass is 213 g/mol. The van der Waals surface area contributed by atoms with Crippen LogP contribution in [0.4, 0.5) is 0 Å². The average Bonchev–Trinajstić information content (AvgIpc) is 2.73. The third-order valence-electron chi connectivity index (χ3n) is 2.66. The molecular formula is C11H11N5. The molecule has 80 valence electrons. The first kappa shape index (κ1) is 10.3. The van der Waals surface area contributed by atoms with Crippen molar-refractivity contribution in [3.8, 4) is 11.8 Å². The fourth-order valence-electron chi connectivity index (χ4n) is 1.50. The highest BCUT2D eigenvalue weighted by Crippen LogP contribution is 2.17. The maximum absolute atomic E-state index is 8.62. The van der Waals surface area contributed by atoms with Gasteiger partial charge in [-0.15, -0.1) is 9.90 Å². The largest absolute Gasteiger partial charge is 0.274 e. The lowest BCUT2D eigenvalue weighted by atomic mass is 10.0. The Morgan fingerprint density at radius 1 is 1.19 bits per heavy atom. The summed E-state index contributed by atoms with van der Waals surface area (Å²) in [6.07, 6.45) is 0. The molecule has 2 aromatic rings. The molecule has 0 atom stereocenters. The summed E-state index contributed by atoms with van der Waals surface area (Å²) in [6.45, 7) is 6.14. The fraction of sp³-hybridized carbons (Fsp3) is 0.273. The first-order chi connectivity index (χ1) is 7.61. The molecule has 1 aromatic heterocycles. The topological polar surface area (TPSA) is 67.4 Å². The number of aromatic nitrogens is 4. The Balaban J connectivity index is 2.53. The minimum absolute atomic E-state index is 0.0795. The van der Waals surface area contributed by atoms with E-state index in [0.29, 0.717) is 0 Å². The summed E-state index contributed by atoms with van der Waals surface area (Å²) in [4.78, 5) is 1.37. The summed E-state index contributed by atoms with van der Waals surface area (Å²) >= 11 is 0. The van der Waals surface area contributed by atoms with Gasteiger partial charge in [0.25, 0.3) is 5.82 Å². The molecule has 0 saturated heterocycles. The van der Waals surface area contributed by atoms with Crippen LogP contribution in [0, 0.1) is 32.1 Å². The van der Waals surface area contributed by atoms with Crippen molar-refractivity contribution < 1.29 is 0 Å². The Hall–Kier alpha value is -2.22. The van der Waals surface area contributed by atoms with Crippen LogP contribution in [0.15, 0.2) is 12.1 Å². The number of hydrogen-bond donors (Lipinski definition) is 0. The molecule has 0 aliphatic carbocycles. The van der Waals surface area contributed by atoms with E-state index in [9.17, 15) is 0 Å². The van der Waals surface area contributed by atoms with E-state index < -0.39 is 0 Å². The van der Waals surface area contributed by atoms with Gasteiger partial charge in [-0.2, -0.15) is 5.26 Å². The molecule has 0 bridgehead atoms. The predicted octanol–water partition coefficient (Wildman–Crippen LogP) is 1.46. The predicted molar refractivity (Wildman–Crippen MR) is 58.1 cm³/mol. The van der Waals surface area contributed by atoms with Crippen LogP contribution >= 0.6 is 0 Å². The van der Waals surface area contributed by atoms with Crippen LogP contribution in [0.1, 0.15) is 22.5 Å². The van der Waals surface area contributed by atoms with Gasteiger partial charge in [0, 0.05) is 0 Å². The third-order valence-corrected chi connectivity index (χ3v) is 2.66. The SMILES string of the molecule is Cc1cc(-n2nnc(C#N)n2)cc(C)c1C. The van der Waals surface area contributed by atoms with Crippen molar-refractivity contribution in [3.05, 3.63) is 34.6 Å². The lowest BCUT2D eigenvalue weighted by Crippen LogP contribution is -2.01. The molecule has 16 heavy (non-hydrogen) atoms. The number of rotatable bonds is 1. The second-order valence-corrected chi connectivity index (χ2v) is 3.72. The highest BCUT2D eigenvalue weighted by Gasteiger charge is 2.06. The maximum Gasteiger partial charge on any atom is 0.274 e. The van der Waals surface area contributed by atoms with Crippen LogP contribution in [0.2, 0.25) is 0 Å². The van der Waals surface area contributed by atoms with Crippen molar-refractivity contribution in [2.24, 2.45) is 0 Å². The molecule has 1 aromatic carbocycles. The molecule has 0 aliphatic heterocycles. The first-order valence-electron chi connectivity index (χ1n) is 4.90. The van der Waals surface area contributed by atoms with E-state index in [-0.39, 0.29) is 5.82 Å². The lowest BCUT2D eigenvalue weighted by molar-refractivity contribution is 0.718. The number of aryl methyl sites for hydroxylation is 2. The van der Waals surface area contributed by atoms with E-state index in [1.165, 1.54) is 21.5 Å². The molecular weight excluding hydrogens is 202 g/mol. The summed E-state index contributed by atoms with van der Waals surface area (Å²) in [5.41, 5.74) is 4.43. The Morgan fingerprint density at radius 3 is 2.31 bits per heavy atom. The quantitative estimate of drug-likeness (QED) is 0.719. The molecule has 0 saturated carbocycles. The zero-order valence-corrected chi connectivity index (χ0v) is 9.39. The van der Waals surface area contributed by atoms with Crippen LogP contribution < -0.4 is 0 Å². The van der Waals surface area contributed by atoms with Crippen molar-refractivity contribution in [1.82, 2.24) is 20.2 Å². The molecule has 5 nitrogen and oxygen atoms in total. The number of tetrazole rings is 1. The van der Waals surface area contributed by atoms with E-state index in [2.05, 4.69) is 22.3 Å². The van der Waals surface area contributed by atoms with Crippen LogP contribution in [0.5, 0.6) is 0 Å². The molecule has 0 amide bonds. The second kappa shape index (κ2) is 3.74. The Morgan fingerprint density at radius 2 is 1.81 bits per heavy atom. The van der Waals surface area contributed by atoms with Gasteiger partial charge in [-0.1, -0.05) is 5.10 Å². The standard InChI is InChI=1S/C11H11N5/c1-7-4-10(5-8(2)9(7)3)16-14-11(6-12)13-15-16/h4-5H,1-3H3. The molecule has 2 rings (SSSR count). The smallest absolute Gasteiger partial charge is 0.189 e. The fourth-order valence-corrected chi connectivity index (χ4v) is 1.50. The van der Waals surface area contributed by atoms with E-state index in [0.717, 1.165) is 5.69 Å². The van der Waals surface area contributed by atoms with Crippen molar-refractivity contribution in [2.75, 3.05) is 0 Å². The highest BCUT2D eigenvalue weighted by molar-refractivity contribution is 5.43.